The predicted octanol–water partition coefficient (Wildman–Crippen LogP) is 2.89. The van der Waals surface area contributed by atoms with Crippen LogP contribution in [0.25, 0.3) is 11.0 Å². The molecule has 1 aliphatic carbocycles. The number of carbonyl (C=O) groups is 3. The van der Waals surface area contributed by atoms with Gasteiger partial charge in [0.1, 0.15) is 41.5 Å². The normalized spacial score (nSPS) is 36.8. The molecule has 4 fully saturated rings. The maximum absolute atomic E-state index is 15.1. The Morgan fingerprint density at radius 1 is 0.846 bits per heavy atom. The Balaban J connectivity index is 1.24. The number of nitrogens with zero attached hydrogens (tertiary/aromatic N) is 1. The van der Waals surface area contributed by atoms with Gasteiger partial charge in [0.2, 0.25) is 11.4 Å². The van der Waals surface area contributed by atoms with E-state index in [0.717, 1.165) is 19.2 Å². The molecule has 18 heteroatoms. The molecule has 0 amide bonds. The zero-order valence-corrected chi connectivity index (χ0v) is 38.4. The van der Waals surface area contributed by atoms with Crippen LogP contribution in [0, 0.1) is 0 Å². The number of rotatable bonds is 10. The van der Waals surface area contributed by atoms with Gasteiger partial charge in [0.05, 0.1) is 66.4 Å². The molecule has 2 aromatic carbocycles. The number of fused-ring (bicyclic) bond motifs is 4. The number of epoxide rings is 1. The summed E-state index contributed by atoms with van der Waals surface area (Å²) >= 11 is 0. The van der Waals surface area contributed by atoms with Gasteiger partial charge >= 0.3 is 5.97 Å². The summed E-state index contributed by atoms with van der Waals surface area (Å²) in [7, 11) is 7.67. The SMILES string of the molecule is COC(=O)C(O)(c1cc2c(c3oc(C4(C)OC4C)cc(=O)c13)C(=O)c1c(ccc(C3C[C@](C)(N(C)C)[C@H](O[C@@H]4C[C@H](OC)[C@H](O)[C@@H](C)O4)[C@H](C)O3)c1O)C2=O)C1C[C@H](OC)[C@H](O)[C@@H](C)O1. The molecule has 4 aliphatic heterocycles. The van der Waals surface area contributed by atoms with E-state index in [9.17, 15) is 34.8 Å². The van der Waals surface area contributed by atoms with E-state index in [-0.39, 0.29) is 52.8 Å². The zero-order chi connectivity index (χ0) is 47.4. The summed E-state index contributed by atoms with van der Waals surface area (Å²) < 4.78 is 53.6. The van der Waals surface area contributed by atoms with Gasteiger partial charge in [0.15, 0.2) is 23.1 Å². The Morgan fingerprint density at radius 2 is 1.48 bits per heavy atom. The van der Waals surface area contributed by atoms with Crippen LogP contribution in [0.4, 0.5) is 0 Å². The summed E-state index contributed by atoms with van der Waals surface area (Å²) in [5.74, 6) is -3.41. The van der Waals surface area contributed by atoms with E-state index in [1.807, 2.05) is 32.8 Å². The summed E-state index contributed by atoms with van der Waals surface area (Å²) in [6.45, 7) is 10.5. The lowest BCUT2D eigenvalue weighted by Crippen LogP contribution is -2.62. The summed E-state index contributed by atoms with van der Waals surface area (Å²) in [5.41, 5.74) is -7.38. The first kappa shape index (κ1) is 47.3. The van der Waals surface area contributed by atoms with Gasteiger partial charge in [-0.2, -0.15) is 0 Å². The van der Waals surface area contributed by atoms with E-state index in [1.54, 1.807) is 20.8 Å². The highest BCUT2D eigenvalue weighted by molar-refractivity contribution is 6.32. The number of hydrogen-bond donors (Lipinski definition) is 4. The predicted molar refractivity (Wildman–Crippen MR) is 228 cm³/mol. The highest BCUT2D eigenvalue weighted by atomic mass is 16.7. The molecule has 1 aromatic heterocycles. The second-order valence-electron chi connectivity index (χ2n) is 18.7. The van der Waals surface area contributed by atoms with Gasteiger partial charge in [-0.15, -0.1) is 0 Å². The van der Waals surface area contributed by atoms with Gasteiger partial charge < -0.3 is 67.6 Å². The molecule has 0 bridgehead atoms. The minimum absolute atomic E-state index is 0.0175. The number of methoxy groups -OCH3 is 3. The molecule has 0 radical (unpaired) electrons. The maximum atomic E-state index is 15.1. The van der Waals surface area contributed by atoms with Gasteiger partial charge in [0.25, 0.3) is 0 Å². The number of aromatic hydroxyl groups is 1. The number of aliphatic hydroxyl groups excluding tert-OH is 2. The van der Waals surface area contributed by atoms with Crippen molar-refractivity contribution in [2.75, 3.05) is 35.4 Å². The van der Waals surface area contributed by atoms with Crippen LogP contribution in [-0.2, 0) is 53.9 Å². The molecule has 5 unspecified atom stereocenters. The summed E-state index contributed by atoms with van der Waals surface area (Å²) in [5, 5.41) is 45.9. The number of likely N-dealkylation sites (N-methyl/N-ethyl adjacent to an activating group) is 1. The first-order valence-corrected chi connectivity index (χ1v) is 21.9. The largest absolute Gasteiger partial charge is 0.507 e. The lowest BCUT2D eigenvalue weighted by atomic mass is 9.75. The van der Waals surface area contributed by atoms with Crippen LogP contribution < -0.4 is 5.43 Å². The van der Waals surface area contributed by atoms with Crippen LogP contribution in [0.3, 0.4) is 0 Å². The molecule has 3 aromatic rings. The highest BCUT2D eigenvalue weighted by Gasteiger charge is 2.57. The standard InChI is InChI=1S/C47H59NO17/c1-19-37(50)28(57-9)16-32(61-19)47(56,44(55)59-11)26-14-25-35(42-36(26)27(49)15-31(63-42)46(6)22(4)65-46)41(54)34-24(39(25)52)13-12-23(40(34)53)30-18-45(5,48(7)8)43(21(3)60-30)64-33-17-29(58-10)38(51)20(2)62-33/h12-15,19-22,28-30,32-33,37-38,43,50-51,53,56H,16-18H2,1-11H3/t19-,20-,21+,22?,28+,29+,30?,32?,33-,37-,38-,43-,45+,46?,47?/m1/s1. The number of hydrogen-bond acceptors (Lipinski definition) is 18. The van der Waals surface area contributed by atoms with Gasteiger partial charge in [0, 0.05) is 60.9 Å². The van der Waals surface area contributed by atoms with Crippen LogP contribution in [0.5, 0.6) is 5.75 Å². The number of carbonyl (C=O) groups excluding carboxylic acids is 3. The van der Waals surface area contributed by atoms with Crippen molar-refractivity contribution in [3.8, 4) is 5.75 Å². The number of ether oxygens (including phenoxy) is 8. The highest BCUT2D eigenvalue weighted by Crippen LogP contribution is 2.50. The van der Waals surface area contributed by atoms with Crippen molar-refractivity contribution in [3.63, 3.8) is 0 Å². The van der Waals surface area contributed by atoms with Crippen LogP contribution in [0.1, 0.15) is 116 Å². The van der Waals surface area contributed by atoms with Crippen molar-refractivity contribution in [2.24, 2.45) is 0 Å². The van der Waals surface area contributed by atoms with Crippen molar-refractivity contribution < 1.29 is 77.1 Å². The molecule has 0 saturated carbocycles. The van der Waals surface area contributed by atoms with E-state index in [1.165, 1.54) is 33.3 Å². The molecular weight excluding hydrogens is 851 g/mol. The molecule has 8 rings (SSSR count). The molecule has 15 atom stereocenters. The summed E-state index contributed by atoms with van der Waals surface area (Å²) in [4.78, 5) is 60.4. The van der Waals surface area contributed by atoms with Crippen LogP contribution in [0.2, 0.25) is 0 Å². The third kappa shape index (κ3) is 7.36. The van der Waals surface area contributed by atoms with Crippen LogP contribution in [-0.4, -0.2) is 151 Å². The minimum atomic E-state index is -2.82. The molecule has 5 aliphatic rings. The quantitative estimate of drug-likeness (QED) is 0.132. The molecule has 5 heterocycles. The fourth-order valence-electron chi connectivity index (χ4n) is 10.3. The van der Waals surface area contributed by atoms with Crippen LogP contribution >= 0.6 is 0 Å². The molecule has 4 N–H and O–H groups in total. The average Bonchev–Trinajstić information content (AvgIpc) is 3.90. The molecule has 65 heavy (non-hydrogen) atoms. The second kappa shape index (κ2) is 16.9. The number of phenols is 1. The Kier molecular flexibility index (Phi) is 12.3. The zero-order valence-electron chi connectivity index (χ0n) is 38.4. The molecule has 18 nitrogen and oxygen atoms in total. The van der Waals surface area contributed by atoms with Gasteiger partial charge in [-0.05, 0) is 74.2 Å². The monoisotopic (exact) mass is 909 g/mol. The third-order valence-corrected chi connectivity index (χ3v) is 14.8. The molecule has 0 spiro atoms. The van der Waals surface area contributed by atoms with Crippen molar-refractivity contribution in [1.29, 1.82) is 0 Å². The van der Waals surface area contributed by atoms with Crippen molar-refractivity contribution in [2.45, 2.75) is 151 Å². The van der Waals surface area contributed by atoms with E-state index in [4.69, 9.17) is 42.3 Å². The molecule has 4 saturated heterocycles. The van der Waals surface area contributed by atoms with Crippen LogP contribution in [0.15, 0.2) is 33.5 Å². The Morgan fingerprint density at radius 3 is 2.08 bits per heavy atom. The van der Waals surface area contributed by atoms with E-state index >= 15 is 4.79 Å². The Labute approximate surface area is 375 Å². The van der Waals surface area contributed by atoms with E-state index < -0.39 is 135 Å². The lowest BCUT2D eigenvalue weighted by molar-refractivity contribution is -0.300. The lowest BCUT2D eigenvalue weighted by Gasteiger charge is -2.52. The first-order chi connectivity index (χ1) is 30.6. The van der Waals surface area contributed by atoms with E-state index in [0.29, 0.717) is 0 Å². The van der Waals surface area contributed by atoms with Crippen molar-refractivity contribution in [3.05, 3.63) is 73.6 Å². The van der Waals surface area contributed by atoms with E-state index in [2.05, 4.69) is 0 Å². The smallest absolute Gasteiger partial charge is 0.345 e. The Bertz CT molecular complexity index is 2470. The maximum Gasteiger partial charge on any atom is 0.345 e. The fraction of sp³-hybridized carbons (Fsp3) is 0.617. The topological polar surface area (TPSA) is 243 Å². The summed E-state index contributed by atoms with van der Waals surface area (Å²) in [6.07, 6.45) is -9.32. The number of benzene rings is 2. The minimum Gasteiger partial charge on any atom is -0.507 e. The molecular formula is C47H59NO17. The second-order valence-corrected chi connectivity index (χ2v) is 18.7. The van der Waals surface area contributed by atoms with Gasteiger partial charge in [-0.1, -0.05) is 6.07 Å². The summed E-state index contributed by atoms with van der Waals surface area (Å²) in [6, 6.07) is 5.16. The molecule has 354 valence electrons. The number of phenolic OH excluding ortho intramolecular Hbond substituents is 1. The third-order valence-electron chi connectivity index (χ3n) is 14.8. The number of ketones is 2. The fourth-order valence-corrected chi connectivity index (χ4v) is 10.3. The Hall–Kier alpha value is -4.18. The van der Waals surface area contributed by atoms with Crippen molar-refractivity contribution in [1.82, 2.24) is 4.90 Å². The van der Waals surface area contributed by atoms with Crippen molar-refractivity contribution >= 4 is 28.5 Å². The van der Waals surface area contributed by atoms with Gasteiger partial charge in [-0.3, -0.25) is 14.4 Å². The van der Waals surface area contributed by atoms with Gasteiger partial charge in [-0.25, -0.2) is 4.79 Å². The first-order valence-electron chi connectivity index (χ1n) is 21.9. The number of aliphatic hydroxyl groups is 3. The number of esters is 1. The average molecular weight is 910 g/mol.